The summed E-state index contributed by atoms with van der Waals surface area (Å²) in [6, 6.07) is -0.00259. The summed E-state index contributed by atoms with van der Waals surface area (Å²) >= 11 is 0. The van der Waals surface area contributed by atoms with Crippen molar-refractivity contribution in [2.24, 2.45) is 0 Å². The van der Waals surface area contributed by atoms with Gasteiger partial charge < -0.3 is 20.9 Å². The van der Waals surface area contributed by atoms with Gasteiger partial charge in [0, 0.05) is 13.7 Å². The Balaban J connectivity index is 2.60. The van der Waals surface area contributed by atoms with Crippen LogP contribution in [0.25, 0.3) is 0 Å². The van der Waals surface area contributed by atoms with Crippen LogP contribution in [-0.2, 0) is 4.74 Å². The van der Waals surface area contributed by atoms with Crippen LogP contribution in [0.3, 0.4) is 0 Å². The molecule has 15 heavy (non-hydrogen) atoms. The first-order chi connectivity index (χ1) is 7.27. The number of aliphatic hydroxyl groups excluding tert-OH is 1. The molecule has 6 heteroatoms. The molecule has 0 aliphatic carbocycles. The molecule has 0 aliphatic heterocycles. The van der Waals surface area contributed by atoms with Crippen LogP contribution < -0.4 is 11.1 Å². The fraction of sp³-hybridized carbons (Fsp3) is 0.556. The number of aliphatic hydroxyl groups is 1. The lowest BCUT2D eigenvalue weighted by Gasteiger charge is -2.17. The van der Waals surface area contributed by atoms with Gasteiger partial charge in [-0.25, -0.2) is 9.97 Å². The zero-order valence-corrected chi connectivity index (χ0v) is 8.68. The summed E-state index contributed by atoms with van der Waals surface area (Å²) in [5.41, 5.74) is 6.15. The zero-order chi connectivity index (χ0) is 11.1. The van der Waals surface area contributed by atoms with Gasteiger partial charge in [0.2, 0.25) is 0 Å². The Morgan fingerprint density at radius 1 is 1.67 bits per heavy atom. The molecule has 4 N–H and O–H groups in total. The minimum atomic E-state index is -0.00259. The van der Waals surface area contributed by atoms with E-state index in [0.29, 0.717) is 24.5 Å². The van der Waals surface area contributed by atoms with Crippen molar-refractivity contribution in [1.82, 2.24) is 9.97 Å². The van der Waals surface area contributed by atoms with Gasteiger partial charge in [-0.2, -0.15) is 0 Å². The van der Waals surface area contributed by atoms with Crippen molar-refractivity contribution < 1.29 is 9.84 Å². The quantitative estimate of drug-likeness (QED) is 0.608. The highest BCUT2D eigenvalue weighted by Crippen LogP contribution is 2.13. The third-order valence-corrected chi connectivity index (χ3v) is 1.93. The molecular weight excluding hydrogens is 196 g/mol. The van der Waals surface area contributed by atoms with E-state index in [1.807, 2.05) is 0 Å². The second-order valence-corrected chi connectivity index (χ2v) is 3.14. The summed E-state index contributed by atoms with van der Waals surface area (Å²) in [7, 11) is 1.61. The molecule has 1 rings (SSSR count). The smallest absolute Gasteiger partial charge is 0.152 e. The number of nitrogens with two attached hydrogens (primary N) is 1. The second-order valence-electron chi connectivity index (χ2n) is 3.14. The van der Waals surface area contributed by atoms with Crippen molar-refractivity contribution >= 4 is 11.5 Å². The molecule has 1 atom stereocenters. The molecule has 0 bridgehead atoms. The molecule has 0 aromatic carbocycles. The summed E-state index contributed by atoms with van der Waals surface area (Å²) in [6.07, 6.45) is 3.52. The lowest BCUT2D eigenvalue weighted by atomic mass is 10.2. The molecular formula is C9H16N4O2. The molecule has 1 heterocycles. The van der Waals surface area contributed by atoms with E-state index in [1.165, 1.54) is 12.5 Å². The lowest BCUT2D eigenvalue weighted by Crippen LogP contribution is -2.27. The van der Waals surface area contributed by atoms with E-state index in [2.05, 4.69) is 15.3 Å². The Hall–Kier alpha value is -1.40. The van der Waals surface area contributed by atoms with Crippen molar-refractivity contribution in [2.75, 3.05) is 31.4 Å². The van der Waals surface area contributed by atoms with Gasteiger partial charge in [-0.3, -0.25) is 0 Å². The minimum Gasteiger partial charge on any atom is -0.396 e. The molecule has 0 aliphatic rings. The number of nitrogens with zero attached hydrogens (tertiary/aromatic N) is 2. The third kappa shape index (κ3) is 3.69. The molecule has 0 radical (unpaired) electrons. The van der Waals surface area contributed by atoms with Crippen molar-refractivity contribution in [3.63, 3.8) is 0 Å². The Morgan fingerprint density at radius 3 is 3.07 bits per heavy atom. The molecule has 0 spiro atoms. The third-order valence-electron chi connectivity index (χ3n) is 1.93. The Bertz CT molecular complexity index is 289. The van der Waals surface area contributed by atoms with E-state index in [0.717, 1.165) is 0 Å². The van der Waals surface area contributed by atoms with Crippen LogP contribution in [0, 0.1) is 0 Å². The van der Waals surface area contributed by atoms with Crippen molar-refractivity contribution in [2.45, 2.75) is 12.5 Å². The first-order valence-electron chi connectivity index (χ1n) is 4.69. The number of nitrogen functional groups attached to an aromatic ring is 1. The SMILES string of the molecule is COCC(CCO)Nc1ncncc1N. The zero-order valence-electron chi connectivity index (χ0n) is 8.68. The molecule has 0 fully saturated rings. The molecule has 1 aromatic rings. The summed E-state index contributed by atoms with van der Waals surface area (Å²) in [5.74, 6) is 0.570. The lowest BCUT2D eigenvalue weighted by molar-refractivity contribution is 0.170. The van der Waals surface area contributed by atoms with Crippen LogP contribution in [0.1, 0.15) is 6.42 Å². The first kappa shape index (κ1) is 11.7. The van der Waals surface area contributed by atoms with E-state index >= 15 is 0 Å². The summed E-state index contributed by atoms with van der Waals surface area (Å²) < 4.78 is 5.01. The topological polar surface area (TPSA) is 93.3 Å². The maximum atomic E-state index is 8.85. The van der Waals surface area contributed by atoms with Gasteiger partial charge in [0.15, 0.2) is 5.82 Å². The number of nitrogens with one attached hydrogen (secondary N) is 1. The monoisotopic (exact) mass is 212 g/mol. The molecule has 6 nitrogen and oxygen atoms in total. The van der Waals surface area contributed by atoms with E-state index in [-0.39, 0.29) is 12.6 Å². The van der Waals surface area contributed by atoms with Crippen LogP contribution >= 0.6 is 0 Å². The van der Waals surface area contributed by atoms with Gasteiger partial charge in [0.25, 0.3) is 0 Å². The fourth-order valence-electron chi connectivity index (χ4n) is 1.21. The van der Waals surface area contributed by atoms with Gasteiger partial charge in [-0.15, -0.1) is 0 Å². The number of methoxy groups -OCH3 is 1. The number of anilines is 2. The number of aromatic nitrogens is 2. The van der Waals surface area contributed by atoms with Gasteiger partial charge in [-0.1, -0.05) is 0 Å². The predicted octanol–water partition coefficient (Wildman–Crippen LogP) is -0.132. The first-order valence-corrected chi connectivity index (χ1v) is 4.69. The maximum Gasteiger partial charge on any atom is 0.152 e. The predicted molar refractivity (Wildman–Crippen MR) is 57.4 cm³/mol. The highest BCUT2D eigenvalue weighted by atomic mass is 16.5. The Labute approximate surface area is 88.5 Å². The highest BCUT2D eigenvalue weighted by Gasteiger charge is 2.09. The van der Waals surface area contributed by atoms with E-state index in [9.17, 15) is 0 Å². The van der Waals surface area contributed by atoms with Crippen LogP contribution in [-0.4, -0.2) is 41.4 Å². The second kappa shape index (κ2) is 6.15. The minimum absolute atomic E-state index is 0.00259. The molecule has 1 unspecified atom stereocenters. The van der Waals surface area contributed by atoms with Crippen molar-refractivity contribution in [3.05, 3.63) is 12.5 Å². The Kier molecular flexibility index (Phi) is 4.79. The maximum absolute atomic E-state index is 8.85. The molecule has 0 amide bonds. The van der Waals surface area contributed by atoms with E-state index < -0.39 is 0 Å². The molecule has 84 valence electrons. The van der Waals surface area contributed by atoms with Crippen molar-refractivity contribution in [3.8, 4) is 0 Å². The number of rotatable bonds is 6. The Morgan fingerprint density at radius 2 is 2.47 bits per heavy atom. The summed E-state index contributed by atoms with van der Waals surface area (Å²) in [4.78, 5) is 7.79. The summed E-state index contributed by atoms with van der Waals surface area (Å²) in [5, 5.41) is 11.9. The van der Waals surface area contributed by atoms with Crippen LogP contribution in [0.4, 0.5) is 11.5 Å². The summed E-state index contributed by atoms with van der Waals surface area (Å²) in [6.45, 7) is 0.579. The van der Waals surface area contributed by atoms with Gasteiger partial charge in [0.05, 0.1) is 24.5 Å². The van der Waals surface area contributed by atoms with Gasteiger partial charge in [-0.05, 0) is 6.42 Å². The fourth-order valence-corrected chi connectivity index (χ4v) is 1.21. The molecule has 1 aromatic heterocycles. The largest absolute Gasteiger partial charge is 0.396 e. The average Bonchev–Trinajstić information content (AvgIpc) is 2.22. The van der Waals surface area contributed by atoms with Gasteiger partial charge >= 0.3 is 0 Å². The van der Waals surface area contributed by atoms with Crippen molar-refractivity contribution in [1.29, 1.82) is 0 Å². The number of hydrogen-bond donors (Lipinski definition) is 3. The standard InChI is InChI=1S/C9H16N4O2/c1-15-5-7(2-3-14)13-9-8(10)4-11-6-12-9/h4,6-7,14H,2-3,5,10H2,1H3,(H,11,12,13). The normalized spacial score (nSPS) is 12.4. The van der Waals surface area contributed by atoms with E-state index in [4.69, 9.17) is 15.6 Å². The molecule has 0 saturated carbocycles. The van der Waals surface area contributed by atoms with Gasteiger partial charge in [0.1, 0.15) is 6.33 Å². The highest BCUT2D eigenvalue weighted by molar-refractivity contribution is 5.59. The number of hydrogen-bond acceptors (Lipinski definition) is 6. The number of ether oxygens (including phenoxy) is 1. The van der Waals surface area contributed by atoms with Crippen LogP contribution in [0.2, 0.25) is 0 Å². The van der Waals surface area contributed by atoms with Crippen LogP contribution in [0.5, 0.6) is 0 Å². The molecule has 0 saturated heterocycles. The average molecular weight is 212 g/mol. The van der Waals surface area contributed by atoms with E-state index in [1.54, 1.807) is 7.11 Å². The van der Waals surface area contributed by atoms with Crippen LogP contribution in [0.15, 0.2) is 12.5 Å².